The Kier molecular flexibility index (Phi) is 6.96. The molecular formula is C23H36N4O2S. The summed E-state index contributed by atoms with van der Waals surface area (Å²) in [4.78, 5) is 35.4. The molecule has 3 aliphatic rings. The lowest BCUT2D eigenvalue weighted by Crippen LogP contribution is -2.49. The summed E-state index contributed by atoms with van der Waals surface area (Å²) in [6, 6.07) is 0. The average Bonchev–Trinajstić information content (AvgIpc) is 3.21. The van der Waals surface area contributed by atoms with E-state index in [9.17, 15) is 9.59 Å². The van der Waals surface area contributed by atoms with Crippen LogP contribution in [0.3, 0.4) is 0 Å². The van der Waals surface area contributed by atoms with Gasteiger partial charge >= 0.3 is 0 Å². The molecule has 1 atom stereocenters. The van der Waals surface area contributed by atoms with E-state index in [1.807, 2.05) is 18.7 Å². The summed E-state index contributed by atoms with van der Waals surface area (Å²) >= 11 is 1.76. The van der Waals surface area contributed by atoms with Gasteiger partial charge in [-0.15, -0.1) is 11.3 Å². The fourth-order valence-corrected chi connectivity index (χ4v) is 6.22. The summed E-state index contributed by atoms with van der Waals surface area (Å²) in [5.74, 6) is 1.31. The van der Waals surface area contributed by atoms with E-state index >= 15 is 0 Å². The van der Waals surface area contributed by atoms with E-state index in [1.54, 1.807) is 11.3 Å². The number of fused-ring (bicyclic) bond motifs is 1. The summed E-state index contributed by atoms with van der Waals surface area (Å²) in [5.41, 5.74) is 1.19. The molecule has 1 N–H and O–H groups in total. The molecule has 2 fully saturated rings. The highest BCUT2D eigenvalue weighted by molar-refractivity contribution is 7.15. The van der Waals surface area contributed by atoms with E-state index in [0.717, 1.165) is 57.1 Å². The zero-order valence-corrected chi connectivity index (χ0v) is 19.3. The SMILES string of the molecule is CC(C)C(=O)N1CCN(c2nc3c(s2)C[C@@H](C(=O)NCC2CCCCC2)CC3)CC1. The molecule has 6 nitrogen and oxygen atoms in total. The maximum atomic E-state index is 12.7. The first-order valence-corrected chi connectivity index (χ1v) is 12.6. The number of rotatable bonds is 5. The number of hydrogen-bond acceptors (Lipinski definition) is 5. The number of hydrogen-bond donors (Lipinski definition) is 1. The normalized spacial score (nSPS) is 22.8. The van der Waals surface area contributed by atoms with Crippen LogP contribution in [0.15, 0.2) is 0 Å². The molecule has 0 aromatic carbocycles. The molecule has 0 radical (unpaired) electrons. The molecule has 30 heavy (non-hydrogen) atoms. The number of aromatic nitrogens is 1. The summed E-state index contributed by atoms with van der Waals surface area (Å²) in [6.45, 7) is 8.01. The molecule has 2 heterocycles. The Morgan fingerprint density at radius 2 is 1.83 bits per heavy atom. The van der Waals surface area contributed by atoms with Gasteiger partial charge in [-0.3, -0.25) is 9.59 Å². The molecule has 0 spiro atoms. The number of piperazine rings is 1. The van der Waals surface area contributed by atoms with Crippen LogP contribution in [0.5, 0.6) is 0 Å². The minimum Gasteiger partial charge on any atom is -0.356 e. The van der Waals surface area contributed by atoms with Gasteiger partial charge in [-0.05, 0) is 38.0 Å². The topological polar surface area (TPSA) is 65.5 Å². The number of thiazole rings is 1. The molecule has 2 aliphatic carbocycles. The Labute approximate surface area is 184 Å². The smallest absolute Gasteiger partial charge is 0.225 e. The molecule has 0 bridgehead atoms. The number of amides is 2. The largest absolute Gasteiger partial charge is 0.356 e. The Morgan fingerprint density at radius 1 is 1.10 bits per heavy atom. The van der Waals surface area contributed by atoms with Gasteiger partial charge in [0.1, 0.15) is 0 Å². The minimum atomic E-state index is 0.0601. The van der Waals surface area contributed by atoms with Crippen molar-refractivity contribution >= 4 is 28.3 Å². The number of carbonyl (C=O) groups is 2. The molecule has 1 aromatic rings. The zero-order chi connectivity index (χ0) is 21.1. The first-order chi connectivity index (χ1) is 14.5. The van der Waals surface area contributed by atoms with Gasteiger partial charge in [0.05, 0.1) is 5.69 Å². The van der Waals surface area contributed by atoms with Crippen molar-refractivity contribution in [1.29, 1.82) is 0 Å². The summed E-state index contributed by atoms with van der Waals surface area (Å²) < 4.78 is 0. The second kappa shape index (κ2) is 9.67. The number of nitrogens with one attached hydrogen (secondary N) is 1. The third kappa shape index (κ3) is 4.98. The van der Waals surface area contributed by atoms with Crippen molar-refractivity contribution in [2.45, 2.75) is 65.2 Å². The van der Waals surface area contributed by atoms with Crippen LogP contribution in [0, 0.1) is 17.8 Å². The molecule has 4 rings (SSSR count). The predicted molar refractivity (Wildman–Crippen MR) is 121 cm³/mol. The quantitative estimate of drug-likeness (QED) is 0.776. The van der Waals surface area contributed by atoms with Crippen molar-refractivity contribution in [2.24, 2.45) is 17.8 Å². The molecule has 166 valence electrons. The van der Waals surface area contributed by atoms with Gasteiger partial charge < -0.3 is 15.1 Å². The van der Waals surface area contributed by atoms with Crippen LogP contribution in [-0.2, 0) is 22.4 Å². The Hall–Kier alpha value is -1.63. The van der Waals surface area contributed by atoms with E-state index in [0.29, 0.717) is 5.92 Å². The van der Waals surface area contributed by atoms with Crippen molar-refractivity contribution < 1.29 is 9.59 Å². The van der Waals surface area contributed by atoms with Crippen molar-refractivity contribution in [2.75, 3.05) is 37.6 Å². The van der Waals surface area contributed by atoms with Gasteiger partial charge in [0, 0.05) is 49.4 Å². The van der Waals surface area contributed by atoms with Gasteiger partial charge in [-0.2, -0.15) is 0 Å². The van der Waals surface area contributed by atoms with Crippen molar-refractivity contribution in [1.82, 2.24) is 15.2 Å². The number of aryl methyl sites for hydroxylation is 1. The van der Waals surface area contributed by atoms with Crippen molar-refractivity contribution in [3.63, 3.8) is 0 Å². The van der Waals surface area contributed by atoms with Gasteiger partial charge in [0.25, 0.3) is 0 Å². The fourth-order valence-electron chi connectivity index (χ4n) is 4.98. The van der Waals surface area contributed by atoms with Crippen LogP contribution in [0.25, 0.3) is 0 Å². The Bertz CT molecular complexity index is 748. The zero-order valence-electron chi connectivity index (χ0n) is 18.5. The summed E-state index contributed by atoms with van der Waals surface area (Å²) in [7, 11) is 0. The highest BCUT2D eigenvalue weighted by Gasteiger charge is 2.30. The van der Waals surface area contributed by atoms with E-state index in [1.165, 1.54) is 42.7 Å². The third-order valence-electron chi connectivity index (χ3n) is 6.94. The second-order valence-electron chi connectivity index (χ2n) is 9.52. The van der Waals surface area contributed by atoms with E-state index in [4.69, 9.17) is 4.98 Å². The summed E-state index contributed by atoms with van der Waals surface area (Å²) in [6.07, 6.45) is 9.16. The van der Waals surface area contributed by atoms with E-state index < -0.39 is 0 Å². The molecule has 1 saturated heterocycles. The van der Waals surface area contributed by atoms with Crippen LogP contribution in [0.1, 0.15) is 62.9 Å². The molecule has 1 aromatic heterocycles. The second-order valence-corrected chi connectivity index (χ2v) is 10.6. The maximum Gasteiger partial charge on any atom is 0.225 e. The van der Waals surface area contributed by atoms with E-state index in [2.05, 4.69) is 10.2 Å². The molecule has 0 unspecified atom stereocenters. The minimum absolute atomic E-state index is 0.0601. The number of carbonyl (C=O) groups excluding carboxylic acids is 2. The van der Waals surface area contributed by atoms with Gasteiger partial charge in [-0.25, -0.2) is 4.98 Å². The first-order valence-electron chi connectivity index (χ1n) is 11.8. The highest BCUT2D eigenvalue weighted by atomic mass is 32.1. The molecule has 2 amide bonds. The molecular weight excluding hydrogens is 396 g/mol. The fraction of sp³-hybridized carbons (Fsp3) is 0.783. The lowest BCUT2D eigenvalue weighted by molar-refractivity contribution is -0.134. The lowest BCUT2D eigenvalue weighted by atomic mass is 9.88. The van der Waals surface area contributed by atoms with Crippen molar-refractivity contribution in [3.8, 4) is 0 Å². The number of nitrogens with zero attached hydrogens (tertiary/aromatic N) is 3. The highest BCUT2D eigenvalue weighted by Crippen LogP contribution is 2.34. The van der Waals surface area contributed by atoms with Crippen LogP contribution in [-0.4, -0.2) is 54.4 Å². The monoisotopic (exact) mass is 432 g/mol. The first kappa shape index (κ1) is 21.6. The molecule has 1 aliphatic heterocycles. The third-order valence-corrected chi connectivity index (χ3v) is 8.13. The van der Waals surface area contributed by atoms with Crippen LogP contribution >= 0.6 is 11.3 Å². The van der Waals surface area contributed by atoms with Crippen LogP contribution in [0.4, 0.5) is 5.13 Å². The van der Waals surface area contributed by atoms with E-state index in [-0.39, 0.29) is 23.7 Å². The van der Waals surface area contributed by atoms with Gasteiger partial charge in [-0.1, -0.05) is 33.1 Å². The van der Waals surface area contributed by atoms with Crippen molar-refractivity contribution in [3.05, 3.63) is 10.6 Å². The Morgan fingerprint density at radius 3 is 2.53 bits per heavy atom. The van der Waals surface area contributed by atoms with Crippen LogP contribution in [0.2, 0.25) is 0 Å². The maximum absolute atomic E-state index is 12.7. The molecule has 1 saturated carbocycles. The van der Waals surface area contributed by atoms with Gasteiger partial charge in [0.15, 0.2) is 5.13 Å². The van der Waals surface area contributed by atoms with Crippen LogP contribution < -0.4 is 10.2 Å². The lowest BCUT2D eigenvalue weighted by Gasteiger charge is -2.35. The number of anilines is 1. The summed E-state index contributed by atoms with van der Waals surface area (Å²) in [5, 5.41) is 4.31. The molecule has 7 heteroatoms. The average molecular weight is 433 g/mol. The standard InChI is InChI=1S/C23H36N4O2S/c1-16(2)22(29)26-10-12-27(13-11-26)23-25-19-9-8-18(14-20(19)30-23)21(28)24-15-17-6-4-3-5-7-17/h16-18H,3-15H2,1-2H3,(H,24,28)/t18-/m0/s1. The van der Waals surface area contributed by atoms with Gasteiger partial charge in [0.2, 0.25) is 11.8 Å². The Balaban J connectivity index is 1.29. The predicted octanol–water partition coefficient (Wildman–Crippen LogP) is 3.25.